The van der Waals surface area contributed by atoms with E-state index in [1.807, 2.05) is 24.3 Å². The molecule has 0 bridgehead atoms. The van der Waals surface area contributed by atoms with E-state index in [0.717, 1.165) is 22.2 Å². The monoisotopic (exact) mass is 354 g/mol. The van der Waals surface area contributed by atoms with Crippen molar-refractivity contribution in [1.29, 1.82) is 0 Å². The highest BCUT2D eigenvalue weighted by atomic mass is 79.9. The van der Waals surface area contributed by atoms with E-state index in [1.54, 1.807) is 6.92 Å². The van der Waals surface area contributed by atoms with Crippen LogP contribution in [0.5, 0.6) is 0 Å². The molecule has 0 aliphatic heterocycles. The Kier molecular flexibility index (Phi) is 4.57. The van der Waals surface area contributed by atoms with E-state index in [1.165, 1.54) is 0 Å². The number of hydrogen-bond donors (Lipinski definition) is 2. The van der Waals surface area contributed by atoms with Gasteiger partial charge < -0.3 is 11.1 Å². The second-order valence-corrected chi connectivity index (χ2v) is 5.52. The fourth-order valence-electron chi connectivity index (χ4n) is 1.88. The van der Waals surface area contributed by atoms with E-state index in [4.69, 9.17) is 5.73 Å². The molecule has 6 heteroatoms. The summed E-state index contributed by atoms with van der Waals surface area (Å²) in [4.78, 5) is 12.0. The number of benzene rings is 2. The lowest BCUT2D eigenvalue weighted by atomic mass is 10.1. The number of halogens is 3. The molecule has 0 aliphatic carbocycles. The van der Waals surface area contributed by atoms with E-state index < -0.39 is 28.8 Å². The van der Waals surface area contributed by atoms with Crippen LogP contribution in [0.15, 0.2) is 40.9 Å². The van der Waals surface area contributed by atoms with Gasteiger partial charge in [0.05, 0.1) is 17.3 Å². The van der Waals surface area contributed by atoms with Crippen molar-refractivity contribution in [3.05, 3.63) is 63.6 Å². The topological polar surface area (TPSA) is 55.1 Å². The van der Waals surface area contributed by atoms with E-state index in [0.29, 0.717) is 0 Å². The fraction of sp³-hybridized carbons (Fsp3) is 0.133. The summed E-state index contributed by atoms with van der Waals surface area (Å²) in [6.07, 6.45) is 0. The van der Waals surface area contributed by atoms with E-state index in [9.17, 15) is 13.6 Å². The van der Waals surface area contributed by atoms with Crippen LogP contribution in [0.2, 0.25) is 0 Å². The molecule has 1 atom stereocenters. The molecule has 1 amide bonds. The first-order chi connectivity index (χ1) is 9.88. The molecule has 3 N–H and O–H groups in total. The highest BCUT2D eigenvalue weighted by molar-refractivity contribution is 9.10. The molecule has 2 aromatic rings. The van der Waals surface area contributed by atoms with Crippen LogP contribution >= 0.6 is 15.9 Å². The van der Waals surface area contributed by atoms with Gasteiger partial charge in [0.1, 0.15) is 5.82 Å². The van der Waals surface area contributed by atoms with Crippen LogP contribution in [-0.2, 0) is 0 Å². The minimum Gasteiger partial charge on any atom is -0.396 e. The molecule has 2 rings (SSSR count). The van der Waals surface area contributed by atoms with Crippen LogP contribution in [-0.4, -0.2) is 5.91 Å². The second-order valence-electron chi connectivity index (χ2n) is 4.60. The van der Waals surface area contributed by atoms with Crippen molar-refractivity contribution in [3.63, 3.8) is 0 Å². The Morgan fingerprint density at radius 3 is 2.48 bits per heavy atom. The zero-order chi connectivity index (χ0) is 15.6. The molecule has 0 aliphatic rings. The molecule has 0 fully saturated rings. The van der Waals surface area contributed by atoms with E-state index in [-0.39, 0.29) is 6.04 Å². The van der Waals surface area contributed by atoms with Gasteiger partial charge in [-0.25, -0.2) is 8.78 Å². The first-order valence-electron chi connectivity index (χ1n) is 6.19. The highest BCUT2D eigenvalue weighted by Crippen LogP contribution is 2.20. The molecule has 2 aromatic carbocycles. The van der Waals surface area contributed by atoms with Crippen molar-refractivity contribution in [2.75, 3.05) is 5.73 Å². The summed E-state index contributed by atoms with van der Waals surface area (Å²) in [7, 11) is 0. The zero-order valence-electron chi connectivity index (χ0n) is 11.2. The third-order valence-corrected chi connectivity index (χ3v) is 3.56. The first-order valence-corrected chi connectivity index (χ1v) is 6.98. The largest absolute Gasteiger partial charge is 0.396 e. The number of carbonyl (C=O) groups is 1. The molecular formula is C15H13BrF2N2O. The van der Waals surface area contributed by atoms with Crippen molar-refractivity contribution in [3.8, 4) is 0 Å². The molecule has 0 saturated heterocycles. The van der Waals surface area contributed by atoms with Crippen molar-refractivity contribution in [1.82, 2.24) is 5.32 Å². The average molecular weight is 355 g/mol. The number of rotatable bonds is 3. The summed E-state index contributed by atoms with van der Waals surface area (Å²) >= 11 is 3.32. The predicted octanol–water partition coefficient (Wildman–Crippen LogP) is 3.80. The maximum atomic E-state index is 13.8. The van der Waals surface area contributed by atoms with Gasteiger partial charge in [0.25, 0.3) is 5.91 Å². The van der Waals surface area contributed by atoms with Gasteiger partial charge in [0.2, 0.25) is 0 Å². The second kappa shape index (κ2) is 6.22. The van der Waals surface area contributed by atoms with Gasteiger partial charge in [-0.15, -0.1) is 0 Å². The van der Waals surface area contributed by atoms with Gasteiger partial charge in [-0.2, -0.15) is 0 Å². The molecular weight excluding hydrogens is 342 g/mol. The SMILES string of the molecule is C[C@@H](NC(=O)c1cc(F)cc(N)c1F)c1ccc(Br)cc1. The van der Waals surface area contributed by atoms with Crippen LogP contribution in [0.25, 0.3) is 0 Å². The Morgan fingerprint density at radius 2 is 1.86 bits per heavy atom. The maximum Gasteiger partial charge on any atom is 0.254 e. The van der Waals surface area contributed by atoms with Crippen LogP contribution in [0.4, 0.5) is 14.5 Å². The summed E-state index contributed by atoms with van der Waals surface area (Å²) in [5.74, 6) is -2.39. The smallest absolute Gasteiger partial charge is 0.254 e. The Hall–Kier alpha value is -1.95. The van der Waals surface area contributed by atoms with Crippen molar-refractivity contribution < 1.29 is 13.6 Å². The van der Waals surface area contributed by atoms with E-state index in [2.05, 4.69) is 21.2 Å². The predicted molar refractivity (Wildman–Crippen MR) is 80.8 cm³/mol. The lowest BCUT2D eigenvalue weighted by Crippen LogP contribution is -2.27. The molecule has 0 aromatic heterocycles. The number of carbonyl (C=O) groups excluding carboxylic acids is 1. The quantitative estimate of drug-likeness (QED) is 0.823. The van der Waals surface area contributed by atoms with Gasteiger partial charge in [-0.3, -0.25) is 4.79 Å². The van der Waals surface area contributed by atoms with Gasteiger partial charge in [0.15, 0.2) is 5.82 Å². The summed E-state index contributed by atoms with van der Waals surface area (Å²) in [5.41, 5.74) is 5.36. The van der Waals surface area contributed by atoms with E-state index >= 15 is 0 Å². The standard InChI is InChI=1S/C15H13BrF2N2O/c1-8(9-2-4-10(16)5-3-9)20-15(21)12-6-11(17)7-13(19)14(12)18/h2-8H,19H2,1H3,(H,20,21)/t8-/m1/s1. The summed E-state index contributed by atoms with van der Waals surface area (Å²) in [6.45, 7) is 1.75. The number of hydrogen-bond acceptors (Lipinski definition) is 2. The fourth-order valence-corrected chi connectivity index (χ4v) is 2.15. The third kappa shape index (κ3) is 3.58. The van der Waals surface area contributed by atoms with Crippen LogP contribution in [0.3, 0.4) is 0 Å². The molecule has 110 valence electrons. The number of nitrogen functional groups attached to an aromatic ring is 1. The van der Waals surface area contributed by atoms with Gasteiger partial charge in [0, 0.05) is 4.47 Å². The molecule has 0 heterocycles. The minimum atomic E-state index is -0.920. The van der Waals surface area contributed by atoms with Crippen LogP contribution < -0.4 is 11.1 Å². The number of nitrogens with one attached hydrogen (secondary N) is 1. The normalized spacial score (nSPS) is 12.0. The van der Waals surface area contributed by atoms with Gasteiger partial charge >= 0.3 is 0 Å². The van der Waals surface area contributed by atoms with Crippen molar-refractivity contribution >= 4 is 27.5 Å². The highest BCUT2D eigenvalue weighted by Gasteiger charge is 2.18. The molecule has 0 saturated carbocycles. The number of amides is 1. The first kappa shape index (κ1) is 15.4. The maximum absolute atomic E-state index is 13.8. The minimum absolute atomic E-state index is 0.352. The Bertz CT molecular complexity index is 674. The Labute approximate surface area is 129 Å². The lowest BCUT2D eigenvalue weighted by Gasteiger charge is -2.15. The van der Waals surface area contributed by atoms with Gasteiger partial charge in [-0.1, -0.05) is 28.1 Å². The molecule has 21 heavy (non-hydrogen) atoms. The lowest BCUT2D eigenvalue weighted by molar-refractivity contribution is 0.0935. The zero-order valence-corrected chi connectivity index (χ0v) is 12.7. The Balaban J connectivity index is 2.20. The third-order valence-electron chi connectivity index (χ3n) is 3.03. The summed E-state index contributed by atoms with van der Waals surface area (Å²) in [5, 5.41) is 2.61. The van der Waals surface area contributed by atoms with Gasteiger partial charge in [-0.05, 0) is 36.8 Å². The molecule has 0 radical (unpaired) electrons. The van der Waals surface area contributed by atoms with Crippen molar-refractivity contribution in [2.45, 2.75) is 13.0 Å². The summed E-state index contributed by atoms with van der Waals surface area (Å²) in [6, 6.07) is 8.63. The number of nitrogens with two attached hydrogens (primary N) is 1. The number of anilines is 1. The van der Waals surface area contributed by atoms with Crippen molar-refractivity contribution in [2.24, 2.45) is 0 Å². The molecule has 3 nitrogen and oxygen atoms in total. The summed E-state index contributed by atoms with van der Waals surface area (Å²) < 4.78 is 27.9. The molecule has 0 unspecified atom stereocenters. The molecule has 0 spiro atoms. The van der Waals surface area contributed by atoms with Crippen LogP contribution in [0, 0.1) is 11.6 Å². The Morgan fingerprint density at radius 1 is 1.24 bits per heavy atom. The average Bonchev–Trinajstić information content (AvgIpc) is 2.43. The van der Waals surface area contributed by atoms with Crippen LogP contribution in [0.1, 0.15) is 28.9 Å².